The lowest BCUT2D eigenvalue weighted by molar-refractivity contribution is 0.215. The molecule has 0 aliphatic rings. The van der Waals surface area contributed by atoms with E-state index in [-0.39, 0.29) is 0 Å². The van der Waals surface area contributed by atoms with E-state index < -0.39 is 6.10 Å². The molecule has 0 bridgehead atoms. The highest BCUT2D eigenvalue weighted by Crippen LogP contribution is 2.29. The van der Waals surface area contributed by atoms with Crippen LogP contribution in [-0.4, -0.2) is 10.1 Å². The first-order valence-corrected chi connectivity index (χ1v) is 6.81. The molecule has 1 atom stereocenters. The van der Waals surface area contributed by atoms with Crippen molar-refractivity contribution >= 4 is 15.9 Å². The fourth-order valence-electron chi connectivity index (χ4n) is 2.15. The van der Waals surface area contributed by atoms with Crippen molar-refractivity contribution in [3.63, 3.8) is 0 Å². The molecule has 0 aliphatic heterocycles. The molecule has 1 heterocycles. The Morgan fingerprint density at radius 1 is 1.11 bits per heavy atom. The van der Waals surface area contributed by atoms with Crippen LogP contribution in [0.2, 0.25) is 0 Å². The Bertz CT molecular complexity index is 586. The monoisotopic (exact) mass is 307 g/mol. The number of rotatable bonds is 2. The Balaban J connectivity index is 2.44. The number of aliphatic hydroxyl groups excluding tert-OH is 1. The van der Waals surface area contributed by atoms with E-state index in [0.717, 1.165) is 32.6 Å². The molecular formula is C15H18BrNO. The molecule has 3 heteroatoms. The van der Waals surface area contributed by atoms with Gasteiger partial charge >= 0.3 is 0 Å². The molecule has 0 fully saturated rings. The molecule has 2 nitrogen and oxygen atoms in total. The molecule has 1 aromatic carbocycles. The van der Waals surface area contributed by atoms with Gasteiger partial charge in [0.1, 0.15) is 6.10 Å². The number of nitrogens with one attached hydrogen (secondary N) is 1. The fraction of sp³-hybridized carbons (Fsp3) is 0.333. The highest BCUT2D eigenvalue weighted by atomic mass is 79.9. The van der Waals surface area contributed by atoms with E-state index in [1.807, 2.05) is 39.0 Å². The number of benzene rings is 1. The zero-order chi connectivity index (χ0) is 13.4. The summed E-state index contributed by atoms with van der Waals surface area (Å²) in [6.07, 6.45) is -0.593. The topological polar surface area (TPSA) is 36.0 Å². The van der Waals surface area contributed by atoms with Gasteiger partial charge < -0.3 is 10.1 Å². The lowest BCUT2D eigenvalue weighted by atomic mass is 10.0. The second-order valence-corrected chi connectivity index (χ2v) is 5.68. The lowest BCUT2D eigenvalue weighted by Gasteiger charge is -2.12. The van der Waals surface area contributed by atoms with Gasteiger partial charge in [0.2, 0.25) is 0 Å². The number of aromatic nitrogens is 1. The van der Waals surface area contributed by atoms with Gasteiger partial charge in [0, 0.05) is 10.2 Å². The number of H-pyrrole nitrogens is 1. The molecule has 2 rings (SSSR count). The largest absolute Gasteiger partial charge is 0.382 e. The van der Waals surface area contributed by atoms with Gasteiger partial charge in [-0.2, -0.15) is 0 Å². The number of aromatic amines is 1. The third kappa shape index (κ3) is 2.25. The molecule has 1 unspecified atom stereocenters. The molecule has 18 heavy (non-hydrogen) atoms. The van der Waals surface area contributed by atoms with Crippen molar-refractivity contribution in [3.8, 4) is 0 Å². The van der Waals surface area contributed by atoms with Crippen molar-refractivity contribution in [3.05, 3.63) is 56.3 Å². The minimum absolute atomic E-state index is 0.593. The van der Waals surface area contributed by atoms with Crippen LogP contribution in [0.1, 0.15) is 39.7 Å². The minimum atomic E-state index is -0.593. The molecule has 1 aromatic heterocycles. The molecule has 0 radical (unpaired) electrons. The van der Waals surface area contributed by atoms with Crippen molar-refractivity contribution in [1.82, 2.24) is 4.98 Å². The molecule has 0 spiro atoms. The van der Waals surface area contributed by atoms with Crippen molar-refractivity contribution in [2.75, 3.05) is 0 Å². The van der Waals surface area contributed by atoms with Gasteiger partial charge in [0.05, 0.1) is 5.69 Å². The van der Waals surface area contributed by atoms with E-state index >= 15 is 0 Å². The summed E-state index contributed by atoms with van der Waals surface area (Å²) in [6.45, 7) is 8.18. The van der Waals surface area contributed by atoms with Crippen LogP contribution in [0.4, 0.5) is 0 Å². The van der Waals surface area contributed by atoms with Gasteiger partial charge in [-0.15, -0.1) is 0 Å². The zero-order valence-electron chi connectivity index (χ0n) is 11.1. The Hall–Kier alpha value is -1.06. The molecule has 0 saturated carbocycles. The second kappa shape index (κ2) is 4.90. The molecular weight excluding hydrogens is 290 g/mol. The molecule has 2 aromatic rings. The third-order valence-corrected chi connectivity index (χ3v) is 4.51. The van der Waals surface area contributed by atoms with Crippen molar-refractivity contribution in [2.24, 2.45) is 0 Å². The van der Waals surface area contributed by atoms with Crippen LogP contribution < -0.4 is 0 Å². The first kappa shape index (κ1) is 13.4. The fourth-order valence-corrected chi connectivity index (χ4v) is 2.40. The van der Waals surface area contributed by atoms with E-state index in [1.54, 1.807) is 0 Å². The van der Waals surface area contributed by atoms with Crippen LogP contribution in [0.3, 0.4) is 0 Å². The second-order valence-electron chi connectivity index (χ2n) is 4.82. The number of hydrogen-bond acceptors (Lipinski definition) is 1. The smallest absolute Gasteiger partial charge is 0.119 e. The SMILES string of the molecule is Cc1cc(C(O)c2[nH]c(C)c(C)c2C)ccc1Br. The van der Waals surface area contributed by atoms with Crippen LogP contribution in [0.15, 0.2) is 22.7 Å². The standard InChI is InChI=1S/C15H18BrNO/c1-8-7-12(5-6-13(8)16)15(18)14-10(3)9(2)11(4)17-14/h5-7,15,17-18H,1-4H3. The predicted octanol–water partition coefficient (Wildman–Crippen LogP) is 4.09. The summed E-state index contributed by atoms with van der Waals surface area (Å²) in [5.41, 5.74) is 6.42. The van der Waals surface area contributed by atoms with Gasteiger partial charge in [0.25, 0.3) is 0 Å². The Kier molecular flexibility index (Phi) is 3.64. The van der Waals surface area contributed by atoms with Gasteiger partial charge in [0.15, 0.2) is 0 Å². The lowest BCUT2D eigenvalue weighted by Crippen LogP contribution is -2.02. The van der Waals surface area contributed by atoms with Gasteiger partial charge in [-0.3, -0.25) is 0 Å². The Labute approximate surface area is 116 Å². The molecule has 2 N–H and O–H groups in total. The zero-order valence-corrected chi connectivity index (χ0v) is 12.7. The first-order chi connectivity index (χ1) is 8.41. The molecule has 0 saturated heterocycles. The minimum Gasteiger partial charge on any atom is -0.382 e. The average molecular weight is 308 g/mol. The molecule has 0 aliphatic carbocycles. The van der Waals surface area contributed by atoms with E-state index in [2.05, 4.69) is 27.8 Å². The van der Waals surface area contributed by atoms with Crippen molar-refractivity contribution in [2.45, 2.75) is 33.8 Å². The van der Waals surface area contributed by atoms with Gasteiger partial charge in [-0.25, -0.2) is 0 Å². The van der Waals surface area contributed by atoms with Crippen LogP contribution in [0.25, 0.3) is 0 Å². The summed E-state index contributed by atoms with van der Waals surface area (Å²) >= 11 is 3.48. The molecule has 0 amide bonds. The summed E-state index contributed by atoms with van der Waals surface area (Å²) in [5, 5.41) is 10.5. The number of aliphatic hydroxyl groups is 1. The normalized spacial score (nSPS) is 12.8. The number of hydrogen-bond donors (Lipinski definition) is 2. The highest BCUT2D eigenvalue weighted by Gasteiger charge is 2.17. The quantitative estimate of drug-likeness (QED) is 0.861. The number of halogens is 1. The summed E-state index contributed by atoms with van der Waals surface area (Å²) in [6, 6.07) is 5.94. The van der Waals surface area contributed by atoms with Gasteiger partial charge in [-0.05, 0) is 56.0 Å². The first-order valence-electron chi connectivity index (χ1n) is 6.01. The van der Waals surface area contributed by atoms with E-state index in [1.165, 1.54) is 5.56 Å². The van der Waals surface area contributed by atoms with Crippen LogP contribution in [0, 0.1) is 27.7 Å². The summed E-state index contributed by atoms with van der Waals surface area (Å²) in [4.78, 5) is 3.28. The van der Waals surface area contributed by atoms with Crippen molar-refractivity contribution in [1.29, 1.82) is 0 Å². The van der Waals surface area contributed by atoms with Gasteiger partial charge in [-0.1, -0.05) is 28.1 Å². The summed E-state index contributed by atoms with van der Waals surface area (Å²) in [5.74, 6) is 0. The maximum absolute atomic E-state index is 10.5. The van der Waals surface area contributed by atoms with E-state index in [4.69, 9.17) is 0 Å². The van der Waals surface area contributed by atoms with Crippen LogP contribution >= 0.6 is 15.9 Å². The van der Waals surface area contributed by atoms with Crippen LogP contribution in [0.5, 0.6) is 0 Å². The van der Waals surface area contributed by atoms with Crippen LogP contribution in [-0.2, 0) is 0 Å². The maximum atomic E-state index is 10.5. The third-order valence-electron chi connectivity index (χ3n) is 3.62. The Morgan fingerprint density at radius 2 is 1.78 bits per heavy atom. The number of aryl methyl sites for hydroxylation is 2. The van der Waals surface area contributed by atoms with E-state index in [9.17, 15) is 5.11 Å². The molecule has 96 valence electrons. The maximum Gasteiger partial charge on any atom is 0.119 e. The average Bonchev–Trinajstić information content (AvgIpc) is 2.60. The van der Waals surface area contributed by atoms with E-state index in [0.29, 0.717) is 0 Å². The Morgan fingerprint density at radius 3 is 2.28 bits per heavy atom. The van der Waals surface area contributed by atoms with Crippen molar-refractivity contribution < 1.29 is 5.11 Å². The predicted molar refractivity (Wildman–Crippen MR) is 77.9 cm³/mol. The highest BCUT2D eigenvalue weighted by molar-refractivity contribution is 9.10. The summed E-state index contributed by atoms with van der Waals surface area (Å²) in [7, 11) is 0. The summed E-state index contributed by atoms with van der Waals surface area (Å²) < 4.78 is 1.06.